The predicted molar refractivity (Wildman–Crippen MR) is 54.7 cm³/mol. The molecule has 0 aromatic rings. The van der Waals surface area contributed by atoms with E-state index in [0.29, 0.717) is 5.41 Å². The van der Waals surface area contributed by atoms with Crippen molar-refractivity contribution < 1.29 is 0 Å². The molecule has 70 valence electrons. The Labute approximate surface area is 80.4 Å². The molecule has 0 saturated carbocycles. The first-order valence-electron chi connectivity index (χ1n) is 4.60. The highest BCUT2D eigenvalue weighted by Crippen LogP contribution is 2.30. The van der Waals surface area contributed by atoms with E-state index < -0.39 is 0 Å². The van der Waals surface area contributed by atoms with Gasteiger partial charge in [0, 0.05) is 19.0 Å². The minimum absolute atomic E-state index is 0.364. The fourth-order valence-corrected chi connectivity index (χ4v) is 1.86. The third-order valence-corrected chi connectivity index (χ3v) is 3.20. The maximum atomic E-state index is 5.90. The molecule has 0 amide bonds. The molecule has 1 nitrogen and oxygen atoms in total. The van der Waals surface area contributed by atoms with Gasteiger partial charge in [-0.1, -0.05) is 19.1 Å². The summed E-state index contributed by atoms with van der Waals surface area (Å²) in [6, 6.07) is 0. The van der Waals surface area contributed by atoms with Gasteiger partial charge >= 0.3 is 0 Å². The van der Waals surface area contributed by atoms with Crippen LogP contribution in [0, 0.1) is 5.41 Å². The molecule has 0 spiro atoms. The largest absolute Gasteiger partial charge is 0.299 e. The molecule has 1 heterocycles. The van der Waals surface area contributed by atoms with Crippen LogP contribution < -0.4 is 0 Å². The first kappa shape index (κ1) is 10.1. The monoisotopic (exact) mass is 187 g/mol. The van der Waals surface area contributed by atoms with Crippen LogP contribution in [0.3, 0.4) is 0 Å². The highest BCUT2D eigenvalue weighted by Gasteiger charge is 2.31. The van der Waals surface area contributed by atoms with Gasteiger partial charge in [0.05, 0.1) is 0 Å². The van der Waals surface area contributed by atoms with Crippen LogP contribution in [0.1, 0.15) is 20.3 Å². The summed E-state index contributed by atoms with van der Waals surface area (Å²) in [5.74, 6) is 0.791. The number of halogens is 1. The molecule has 1 unspecified atom stereocenters. The van der Waals surface area contributed by atoms with Gasteiger partial charge in [-0.2, -0.15) is 0 Å². The Morgan fingerprint density at radius 3 is 2.83 bits per heavy atom. The molecule has 2 heteroatoms. The standard InChI is InChI=1S/C10H18ClN/c1-3-4-6-12-7-5-10(2,8-11)9-12/h3-4H,5-9H2,1-2H3/b4-3+. The lowest BCUT2D eigenvalue weighted by molar-refractivity contribution is 0.317. The molecule has 0 radical (unpaired) electrons. The van der Waals surface area contributed by atoms with E-state index in [1.54, 1.807) is 0 Å². The van der Waals surface area contributed by atoms with E-state index in [4.69, 9.17) is 11.6 Å². The van der Waals surface area contributed by atoms with E-state index in [0.717, 1.165) is 19.0 Å². The second-order valence-electron chi connectivity index (χ2n) is 4.00. The van der Waals surface area contributed by atoms with E-state index >= 15 is 0 Å². The van der Waals surface area contributed by atoms with Crippen LogP contribution in [0.15, 0.2) is 12.2 Å². The van der Waals surface area contributed by atoms with Gasteiger partial charge in [-0.05, 0) is 25.3 Å². The van der Waals surface area contributed by atoms with Crippen LogP contribution in [0.2, 0.25) is 0 Å². The molecule has 1 saturated heterocycles. The molecule has 1 aliphatic heterocycles. The Hall–Kier alpha value is -0.0100. The highest BCUT2D eigenvalue weighted by molar-refractivity contribution is 6.18. The Kier molecular flexibility index (Phi) is 3.60. The van der Waals surface area contributed by atoms with Crippen LogP contribution >= 0.6 is 11.6 Å². The minimum atomic E-state index is 0.364. The van der Waals surface area contributed by atoms with Gasteiger partial charge < -0.3 is 0 Å². The van der Waals surface area contributed by atoms with Crippen LogP contribution in [0.5, 0.6) is 0 Å². The summed E-state index contributed by atoms with van der Waals surface area (Å²) in [4.78, 5) is 2.46. The lowest BCUT2D eigenvalue weighted by Crippen LogP contribution is -2.26. The first-order valence-corrected chi connectivity index (χ1v) is 5.13. The second kappa shape index (κ2) is 4.29. The average molecular weight is 188 g/mol. The third-order valence-electron chi connectivity index (χ3n) is 2.56. The lowest BCUT2D eigenvalue weighted by Gasteiger charge is -2.20. The summed E-state index contributed by atoms with van der Waals surface area (Å²) in [5, 5.41) is 0. The number of hydrogen-bond acceptors (Lipinski definition) is 1. The van der Waals surface area contributed by atoms with Gasteiger partial charge in [-0.3, -0.25) is 4.90 Å². The van der Waals surface area contributed by atoms with Crippen molar-refractivity contribution >= 4 is 11.6 Å². The van der Waals surface area contributed by atoms with Crippen molar-refractivity contribution in [1.82, 2.24) is 4.90 Å². The summed E-state index contributed by atoms with van der Waals surface area (Å²) >= 11 is 5.90. The molecular formula is C10H18ClN. The maximum absolute atomic E-state index is 5.90. The van der Waals surface area contributed by atoms with E-state index in [2.05, 4.69) is 30.9 Å². The Morgan fingerprint density at radius 2 is 2.33 bits per heavy atom. The molecule has 1 atom stereocenters. The SMILES string of the molecule is C/C=C/CN1CCC(C)(CCl)C1. The molecular weight excluding hydrogens is 170 g/mol. The summed E-state index contributed by atoms with van der Waals surface area (Å²) in [5.41, 5.74) is 0.364. The topological polar surface area (TPSA) is 3.24 Å². The number of hydrogen-bond donors (Lipinski definition) is 0. The summed E-state index contributed by atoms with van der Waals surface area (Å²) < 4.78 is 0. The number of allylic oxidation sites excluding steroid dienone is 1. The van der Waals surface area contributed by atoms with E-state index in [1.165, 1.54) is 13.0 Å². The van der Waals surface area contributed by atoms with Crippen LogP contribution in [-0.2, 0) is 0 Å². The van der Waals surface area contributed by atoms with Crippen molar-refractivity contribution in [3.05, 3.63) is 12.2 Å². The van der Waals surface area contributed by atoms with Crippen molar-refractivity contribution in [3.63, 3.8) is 0 Å². The molecule has 0 bridgehead atoms. The van der Waals surface area contributed by atoms with Crippen molar-refractivity contribution in [2.75, 3.05) is 25.5 Å². The number of alkyl halides is 1. The van der Waals surface area contributed by atoms with Crippen LogP contribution in [0.25, 0.3) is 0 Å². The van der Waals surface area contributed by atoms with Crippen molar-refractivity contribution in [2.45, 2.75) is 20.3 Å². The van der Waals surface area contributed by atoms with Crippen molar-refractivity contribution in [3.8, 4) is 0 Å². The fraction of sp³-hybridized carbons (Fsp3) is 0.800. The molecule has 0 aliphatic carbocycles. The number of likely N-dealkylation sites (tertiary alicyclic amines) is 1. The smallest absolute Gasteiger partial charge is 0.0290 e. The highest BCUT2D eigenvalue weighted by atomic mass is 35.5. The van der Waals surface area contributed by atoms with Gasteiger partial charge in [0.25, 0.3) is 0 Å². The third kappa shape index (κ3) is 2.49. The van der Waals surface area contributed by atoms with E-state index in [-0.39, 0.29) is 0 Å². The van der Waals surface area contributed by atoms with E-state index in [1.807, 2.05) is 0 Å². The van der Waals surface area contributed by atoms with E-state index in [9.17, 15) is 0 Å². The van der Waals surface area contributed by atoms with Gasteiger partial charge in [-0.15, -0.1) is 11.6 Å². The zero-order valence-corrected chi connectivity index (χ0v) is 8.77. The molecule has 1 aliphatic rings. The number of rotatable bonds is 3. The number of nitrogens with zero attached hydrogens (tertiary/aromatic N) is 1. The van der Waals surface area contributed by atoms with Crippen molar-refractivity contribution in [2.24, 2.45) is 5.41 Å². The molecule has 1 fully saturated rings. The zero-order chi connectivity index (χ0) is 9.03. The minimum Gasteiger partial charge on any atom is -0.299 e. The molecule has 12 heavy (non-hydrogen) atoms. The Morgan fingerprint density at radius 1 is 1.58 bits per heavy atom. The summed E-state index contributed by atoms with van der Waals surface area (Å²) in [6.45, 7) is 7.78. The van der Waals surface area contributed by atoms with Gasteiger partial charge in [0.15, 0.2) is 0 Å². The zero-order valence-electron chi connectivity index (χ0n) is 8.02. The fourth-order valence-electron chi connectivity index (χ4n) is 1.65. The summed E-state index contributed by atoms with van der Waals surface area (Å²) in [7, 11) is 0. The summed E-state index contributed by atoms with van der Waals surface area (Å²) in [6.07, 6.45) is 5.56. The van der Waals surface area contributed by atoms with Gasteiger partial charge in [0.2, 0.25) is 0 Å². The second-order valence-corrected chi connectivity index (χ2v) is 4.27. The molecule has 1 rings (SSSR count). The van der Waals surface area contributed by atoms with Gasteiger partial charge in [-0.25, -0.2) is 0 Å². The normalized spacial score (nSPS) is 31.9. The first-order chi connectivity index (χ1) is 5.70. The Balaban J connectivity index is 2.35. The maximum Gasteiger partial charge on any atom is 0.0290 e. The molecule has 0 aromatic carbocycles. The lowest BCUT2D eigenvalue weighted by atomic mass is 9.93. The van der Waals surface area contributed by atoms with Crippen molar-refractivity contribution in [1.29, 1.82) is 0 Å². The molecule has 0 N–H and O–H groups in total. The van der Waals surface area contributed by atoms with Gasteiger partial charge in [0.1, 0.15) is 0 Å². The van der Waals surface area contributed by atoms with Crippen LogP contribution in [0.4, 0.5) is 0 Å². The Bertz CT molecular complexity index is 167. The average Bonchev–Trinajstić information content (AvgIpc) is 2.45. The van der Waals surface area contributed by atoms with Crippen LogP contribution in [-0.4, -0.2) is 30.4 Å². The predicted octanol–water partition coefficient (Wildman–Crippen LogP) is 2.51. The molecule has 0 aromatic heterocycles. The quantitative estimate of drug-likeness (QED) is 0.485.